The van der Waals surface area contributed by atoms with Gasteiger partial charge in [-0.1, -0.05) is 19.3 Å². The molecular formula is C28H66Cl3N4O12P3. The number of unbranched alkanes of at least 4 members (excludes halogenated alkanes) is 5. The summed E-state index contributed by atoms with van der Waals surface area (Å²) in [4.78, 5) is 29.6. The molecule has 0 aliphatic carbocycles. The van der Waals surface area contributed by atoms with Crippen molar-refractivity contribution in [2.45, 2.75) is 78.6 Å². The fraction of sp³-hybridized carbons (Fsp3) is 1.00. The highest BCUT2D eigenvalue weighted by Gasteiger charge is 2.20. The van der Waals surface area contributed by atoms with E-state index in [2.05, 4.69) is 34.4 Å². The largest absolute Gasteiger partial charge is 0.472 e. The van der Waals surface area contributed by atoms with E-state index in [-0.39, 0.29) is 52.0 Å². The Labute approximate surface area is 316 Å². The number of hydrogen-bond acceptors (Lipinski definition) is 13. The van der Waals surface area contributed by atoms with Crippen LogP contribution in [-0.4, -0.2) is 123 Å². The van der Waals surface area contributed by atoms with Crippen LogP contribution in [0.5, 0.6) is 0 Å². The first-order valence-corrected chi connectivity index (χ1v) is 22.8. The molecule has 306 valence electrons. The molecule has 0 aromatic heterocycles. The number of alkyl halides is 2. The summed E-state index contributed by atoms with van der Waals surface area (Å²) in [6.45, 7) is 13.8. The van der Waals surface area contributed by atoms with Gasteiger partial charge in [0.05, 0.1) is 45.6 Å². The second-order valence-corrected chi connectivity index (χ2v) is 15.5. The Kier molecular flexibility index (Phi) is 42.4. The maximum absolute atomic E-state index is 11.2. The van der Waals surface area contributed by atoms with Gasteiger partial charge in [0.1, 0.15) is 0 Å². The van der Waals surface area contributed by atoms with Gasteiger partial charge in [0, 0.05) is 38.6 Å². The van der Waals surface area contributed by atoms with E-state index in [1.807, 2.05) is 0 Å². The van der Waals surface area contributed by atoms with Crippen LogP contribution in [0.3, 0.4) is 0 Å². The van der Waals surface area contributed by atoms with Gasteiger partial charge in [-0.05, 0) is 78.9 Å². The topological polar surface area (TPSA) is 207 Å². The SMILES string of the molecule is CCOP(=O)(O)OCCCCCCNCCl.CCOP(=O)(O)OCCCN1CCNCC1.CCOP(=O)(O)OCCCNCCCCCCl.Cl. The molecule has 1 aliphatic heterocycles. The number of nitrogens with zero attached hydrogens (tertiary/aromatic N) is 1. The van der Waals surface area contributed by atoms with Crippen LogP contribution in [0.2, 0.25) is 0 Å². The number of phosphoric acid groups is 3. The Bertz CT molecular complexity index is 876. The molecule has 0 amide bonds. The molecular weight excluding hydrogens is 784 g/mol. The maximum Gasteiger partial charge on any atom is 0.472 e. The standard InChI is InChI=1S/C10H23ClNO4P.C9H21ClNO4P.C9H21N2O4P.ClH/c1-2-15-17(13,14)16-10-6-9-12-8-5-3-4-7-11;1-2-14-16(12,13)15-8-6-4-3-5-7-11-9-10;1-2-14-16(12,13)15-9-3-6-11-7-4-10-5-8-11;/h12H,2-10H2,1H3,(H,13,14);11H,2-9H2,1H3,(H,12,13);10H,2-9H2,1H3,(H,12,13);1H. The van der Waals surface area contributed by atoms with E-state index in [0.717, 1.165) is 110 Å². The van der Waals surface area contributed by atoms with Gasteiger partial charge in [-0.25, -0.2) is 13.7 Å². The molecule has 16 nitrogen and oxygen atoms in total. The molecule has 0 bridgehead atoms. The van der Waals surface area contributed by atoms with E-state index in [4.69, 9.17) is 51.5 Å². The minimum Gasteiger partial charge on any atom is -0.317 e. The lowest BCUT2D eigenvalue weighted by molar-refractivity contribution is 0.144. The van der Waals surface area contributed by atoms with E-state index >= 15 is 0 Å². The van der Waals surface area contributed by atoms with Crippen molar-refractivity contribution in [2.75, 3.05) is 104 Å². The summed E-state index contributed by atoms with van der Waals surface area (Å²) >= 11 is 11.0. The molecule has 0 radical (unpaired) electrons. The molecule has 1 heterocycles. The van der Waals surface area contributed by atoms with Gasteiger partial charge >= 0.3 is 23.5 Å². The maximum atomic E-state index is 11.2. The number of phosphoric ester groups is 3. The van der Waals surface area contributed by atoms with Crippen LogP contribution >= 0.6 is 59.1 Å². The zero-order chi connectivity index (χ0) is 37.1. The third-order valence-electron chi connectivity index (χ3n) is 6.30. The first kappa shape index (κ1) is 55.4. The predicted octanol–water partition coefficient (Wildman–Crippen LogP) is 5.87. The summed E-state index contributed by atoms with van der Waals surface area (Å²) in [5.74, 6) is 0.719. The molecule has 1 rings (SSSR count). The van der Waals surface area contributed by atoms with Crippen LogP contribution in [0, 0.1) is 0 Å². The van der Waals surface area contributed by atoms with Crippen LogP contribution in [0.1, 0.15) is 78.6 Å². The van der Waals surface area contributed by atoms with E-state index in [9.17, 15) is 13.7 Å². The van der Waals surface area contributed by atoms with Crippen molar-refractivity contribution in [1.29, 1.82) is 0 Å². The van der Waals surface area contributed by atoms with Crippen molar-refractivity contribution in [2.24, 2.45) is 0 Å². The van der Waals surface area contributed by atoms with Gasteiger partial charge in [-0.3, -0.25) is 27.1 Å². The average molecular weight is 850 g/mol. The minimum atomic E-state index is -3.81. The molecule has 0 saturated carbocycles. The smallest absolute Gasteiger partial charge is 0.317 e. The second-order valence-electron chi connectivity index (χ2n) is 10.5. The van der Waals surface area contributed by atoms with Crippen LogP contribution in [0.4, 0.5) is 0 Å². The van der Waals surface area contributed by atoms with Crippen LogP contribution in [0.15, 0.2) is 0 Å². The van der Waals surface area contributed by atoms with Crippen molar-refractivity contribution in [1.82, 2.24) is 20.9 Å². The molecule has 3 atom stereocenters. The van der Waals surface area contributed by atoms with Gasteiger partial charge in [-0.2, -0.15) is 0 Å². The third kappa shape index (κ3) is 41.8. The lowest BCUT2D eigenvalue weighted by Crippen LogP contribution is -2.43. The first-order chi connectivity index (χ1) is 23.4. The van der Waals surface area contributed by atoms with E-state index in [1.165, 1.54) is 0 Å². The zero-order valence-corrected chi connectivity index (χ0v) is 35.2. The number of halogens is 3. The Morgan fingerprint density at radius 2 is 1.02 bits per heavy atom. The number of rotatable bonds is 30. The Morgan fingerprint density at radius 1 is 0.600 bits per heavy atom. The quantitative estimate of drug-likeness (QED) is 0.0216. The Morgan fingerprint density at radius 3 is 1.50 bits per heavy atom. The van der Waals surface area contributed by atoms with Crippen LogP contribution in [-0.2, 0) is 40.8 Å². The molecule has 22 heteroatoms. The summed E-state index contributed by atoms with van der Waals surface area (Å²) < 4.78 is 61.3. The summed E-state index contributed by atoms with van der Waals surface area (Å²) in [7, 11) is -11.4. The van der Waals surface area contributed by atoms with Crippen molar-refractivity contribution < 1.29 is 55.5 Å². The fourth-order valence-electron chi connectivity index (χ4n) is 3.98. The van der Waals surface area contributed by atoms with Crippen LogP contribution in [0.25, 0.3) is 0 Å². The number of nitrogens with one attached hydrogen (secondary N) is 3. The van der Waals surface area contributed by atoms with Gasteiger partial charge in [0.2, 0.25) is 0 Å². The molecule has 1 aliphatic rings. The lowest BCUT2D eigenvalue weighted by Gasteiger charge is -2.27. The zero-order valence-electron chi connectivity index (χ0n) is 30.1. The highest BCUT2D eigenvalue weighted by molar-refractivity contribution is 7.47. The molecule has 0 aromatic carbocycles. The average Bonchev–Trinajstić information content (AvgIpc) is 3.04. The first-order valence-electron chi connectivity index (χ1n) is 17.2. The fourth-order valence-corrected chi connectivity index (χ4v) is 6.58. The summed E-state index contributed by atoms with van der Waals surface area (Å²) in [6, 6.07) is 0.477. The molecule has 6 N–H and O–H groups in total. The van der Waals surface area contributed by atoms with Crippen LogP contribution < -0.4 is 16.0 Å². The normalized spacial score (nSPS) is 16.8. The molecule has 3 unspecified atom stereocenters. The predicted molar refractivity (Wildman–Crippen MR) is 203 cm³/mol. The van der Waals surface area contributed by atoms with E-state index in [1.54, 1.807) is 20.8 Å². The summed E-state index contributed by atoms with van der Waals surface area (Å²) in [5, 5.41) is 9.51. The number of piperazine rings is 1. The van der Waals surface area contributed by atoms with Gasteiger partial charge in [0.25, 0.3) is 0 Å². The molecule has 1 saturated heterocycles. The molecule has 1 fully saturated rings. The van der Waals surface area contributed by atoms with Crippen molar-refractivity contribution in [3.63, 3.8) is 0 Å². The lowest BCUT2D eigenvalue weighted by atomic mass is 10.2. The molecule has 0 spiro atoms. The van der Waals surface area contributed by atoms with Gasteiger partial charge in [-0.15, -0.1) is 35.6 Å². The van der Waals surface area contributed by atoms with Crippen molar-refractivity contribution in [3.05, 3.63) is 0 Å². The molecule has 50 heavy (non-hydrogen) atoms. The monoisotopic (exact) mass is 848 g/mol. The van der Waals surface area contributed by atoms with Gasteiger partial charge < -0.3 is 35.5 Å². The second kappa shape index (κ2) is 38.3. The summed E-state index contributed by atoms with van der Waals surface area (Å²) in [5.41, 5.74) is 0. The van der Waals surface area contributed by atoms with E-state index < -0.39 is 23.5 Å². The highest BCUT2D eigenvalue weighted by Crippen LogP contribution is 2.44. The summed E-state index contributed by atoms with van der Waals surface area (Å²) in [6.07, 6.45) is 8.55. The van der Waals surface area contributed by atoms with E-state index in [0.29, 0.717) is 12.4 Å². The highest BCUT2D eigenvalue weighted by atomic mass is 35.5. The van der Waals surface area contributed by atoms with Crippen molar-refractivity contribution in [3.8, 4) is 0 Å². The number of hydrogen-bond donors (Lipinski definition) is 6. The van der Waals surface area contributed by atoms with Crippen molar-refractivity contribution >= 4 is 59.1 Å². The Balaban J connectivity index is -0.000000656. The Hall–Kier alpha value is 1.04. The minimum absolute atomic E-state index is 0. The third-order valence-corrected chi connectivity index (χ3v) is 10.0. The van der Waals surface area contributed by atoms with Gasteiger partial charge in [0.15, 0.2) is 0 Å². The molecule has 0 aromatic rings.